The molecule has 0 radical (unpaired) electrons. The summed E-state index contributed by atoms with van der Waals surface area (Å²) < 4.78 is 0. The predicted molar refractivity (Wildman–Crippen MR) is 51.9 cm³/mol. The second kappa shape index (κ2) is 3.67. The number of aliphatic hydroxyl groups is 1. The van der Waals surface area contributed by atoms with Crippen molar-refractivity contribution in [2.75, 3.05) is 11.4 Å². The Morgan fingerprint density at radius 1 is 1.60 bits per heavy atom. The molecule has 1 saturated heterocycles. The summed E-state index contributed by atoms with van der Waals surface area (Å²) in [6.07, 6.45) is 0.935. The Bertz CT molecular complexity index is 421. The van der Waals surface area contributed by atoms with Gasteiger partial charge in [-0.1, -0.05) is 0 Å². The van der Waals surface area contributed by atoms with E-state index < -0.39 is 6.10 Å². The Labute approximate surface area is 86.6 Å². The maximum atomic E-state index is 11.4. The van der Waals surface area contributed by atoms with Crippen LogP contribution in [-0.4, -0.2) is 28.6 Å². The number of pyridine rings is 1. The van der Waals surface area contributed by atoms with E-state index in [1.165, 1.54) is 11.1 Å². The third-order valence-electron chi connectivity index (χ3n) is 2.26. The molecule has 1 aromatic rings. The monoisotopic (exact) mass is 203 g/mol. The van der Waals surface area contributed by atoms with Crippen LogP contribution in [-0.2, 0) is 4.79 Å². The lowest BCUT2D eigenvalue weighted by Gasteiger charge is -2.13. The van der Waals surface area contributed by atoms with E-state index in [1.54, 1.807) is 12.1 Å². The van der Waals surface area contributed by atoms with Gasteiger partial charge in [0, 0.05) is 6.20 Å². The minimum atomic E-state index is -0.616. The summed E-state index contributed by atoms with van der Waals surface area (Å²) in [6, 6.07) is 5.15. The van der Waals surface area contributed by atoms with Crippen LogP contribution in [0.1, 0.15) is 12.0 Å². The largest absolute Gasteiger partial charge is 0.391 e. The van der Waals surface area contributed by atoms with Gasteiger partial charge in [-0.05, 0) is 12.1 Å². The van der Waals surface area contributed by atoms with Crippen molar-refractivity contribution >= 4 is 11.7 Å². The molecule has 0 aliphatic carbocycles. The van der Waals surface area contributed by atoms with Crippen LogP contribution in [0, 0.1) is 11.3 Å². The summed E-state index contributed by atoms with van der Waals surface area (Å²) in [4.78, 5) is 16.8. The van der Waals surface area contributed by atoms with E-state index in [-0.39, 0.29) is 18.9 Å². The zero-order chi connectivity index (χ0) is 10.8. The number of anilines is 1. The van der Waals surface area contributed by atoms with E-state index in [4.69, 9.17) is 5.26 Å². The van der Waals surface area contributed by atoms with Crippen LogP contribution in [0.3, 0.4) is 0 Å². The molecule has 0 saturated carbocycles. The van der Waals surface area contributed by atoms with Gasteiger partial charge in [0.1, 0.15) is 11.9 Å². The number of rotatable bonds is 1. The van der Waals surface area contributed by atoms with Crippen molar-refractivity contribution in [1.29, 1.82) is 5.26 Å². The van der Waals surface area contributed by atoms with E-state index >= 15 is 0 Å². The van der Waals surface area contributed by atoms with E-state index in [1.807, 2.05) is 6.07 Å². The average Bonchev–Trinajstić information content (AvgIpc) is 2.58. The molecular formula is C10H9N3O2. The van der Waals surface area contributed by atoms with Gasteiger partial charge >= 0.3 is 0 Å². The smallest absolute Gasteiger partial charge is 0.230 e. The molecule has 1 aliphatic rings. The van der Waals surface area contributed by atoms with Crippen molar-refractivity contribution in [2.45, 2.75) is 12.5 Å². The zero-order valence-electron chi connectivity index (χ0n) is 7.92. The van der Waals surface area contributed by atoms with Gasteiger partial charge < -0.3 is 5.11 Å². The normalized spacial score (nSPS) is 20.4. The van der Waals surface area contributed by atoms with E-state index in [9.17, 15) is 9.90 Å². The minimum absolute atomic E-state index is 0.139. The molecular weight excluding hydrogens is 194 g/mol. The third kappa shape index (κ3) is 1.80. The summed E-state index contributed by atoms with van der Waals surface area (Å²) >= 11 is 0. The first-order chi connectivity index (χ1) is 7.20. The Kier molecular flexibility index (Phi) is 2.35. The number of nitrogens with zero attached hydrogens (tertiary/aromatic N) is 3. The van der Waals surface area contributed by atoms with Gasteiger partial charge in [-0.3, -0.25) is 9.69 Å². The Hall–Kier alpha value is -1.93. The Morgan fingerprint density at radius 2 is 2.40 bits per heavy atom. The summed E-state index contributed by atoms with van der Waals surface area (Å²) in [5.74, 6) is 0.343. The number of hydrogen-bond donors (Lipinski definition) is 1. The summed E-state index contributed by atoms with van der Waals surface area (Å²) in [6.45, 7) is 0.276. The molecule has 0 spiro atoms. The molecule has 0 aromatic carbocycles. The van der Waals surface area contributed by atoms with Crippen molar-refractivity contribution in [2.24, 2.45) is 0 Å². The van der Waals surface area contributed by atoms with Crippen molar-refractivity contribution in [3.05, 3.63) is 23.9 Å². The van der Waals surface area contributed by atoms with Gasteiger partial charge in [0.25, 0.3) is 0 Å². The first kappa shape index (κ1) is 9.62. The molecule has 1 atom stereocenters. The van der Waals surface area contributed by atoms with Crippen molar-refractivity contribution in [1.82, 2.24) is 4.98 Å². The van der Waals surface area contributed by atoms with Gasteiger partial charge in [0.2, 0.25) is 5.91 Å². The fourth-order valence-corrected chi connectivity index (χ4v) is 1.52. The van der Waals surface area contributed by atoms with E-state index in [0.29, 0.717) is 11.4 Å². The fourth-order valence-electron chi connectivity index (χ4n) is 1.52. The number of aliphatic hydroxyl groups excluding tert-OH is 1. The van der Waals surface area contributed by atoms with Gasteiger partial charge in [0.05, 0.1) is 24.6 Å². The minimum Gasteiger partial charge on any atom is -0.391 e. The lowest BCUT2D eigenvalue weighted by atomic mass is 10.3. The summed E-state index contributed by atoms with van der Waals surface area (Å²) in [5.41, 5.74) is 0.450. The van der Waals surface area contributed by atoms with Crippen molar-refractivity contribution in [3.8, 4) is 6.07 Å². The first-order valence-corrected chi connectivity index (χ1v) is 4.55. The van der Waals surface area contributed by atoms with Gasteiger partial charge in [0.15, 0.2) is 0 Å². The molecule has 5 nitrogen and oxygen atoms in total. The fraction of sp³-hybridized carbons (Fsp3) is 0.300. The first-order valence-electron chi connectivity index (χ1n) is 4.55. The van der Waals surface area contributed by atoms with Crippen LogP contribution >= 0.6 is 0 Å². The number of nitriles is 1. The molecule has 76 valence electrons. The molecule has 1 N–H and O–H groups in total. The van der Waals surface area contributed by atoms with Crippen LogP contribution in [0.15, 0.2) is 18.3 Å². The van der Waals surface area contributed by atoms with E-state index in [0.717, 1.165) is 0 Å². The SMILES string of the molecule is N#Cc1ccc(N2CC(O)CC2=O)nc1. The van der Waals surface area contributed by atoms with Crippen LogP contribution in [0.25, 0.3) is 0 Å². The van der Waals surface area contributed by atoms with Crippen LogP contribution in [0.5, 0.6) is 0 Å². The highest BCUT2D eigenvalue weighted by Gasteiger charge is 2.29. The maximum absolute atomic E-state index is 11.4. The molecule has 1 aliphatic heterocycles. The van der Waals surface area contributed by atoms with Crippen molar-refractivity contribution in [3.63, 3.8) is 0 Å². The van der Waals surface area contributed by atoms with Gasteiger partial charge in [-0.2, -0.15) is 5.26 Å². The highest BCUT2D eigenvalue weighted by atomic mass is 16.3. The predicted octanol–water partition coefficient (Wildman–Crippen LogP) is 0.0509. The van der Waals surface area contributed by atoms with Crippen LogP contribution < -0.4 is 4.90 Å². The molecule has 1 aromatic heterocycles. The number of carbonyl (C=O) groups is 1. The second-order valence-corrected chi connectivity index (χ2v) is 3.38. The number of hydrogen-bond acceptors (Lipinski definition) is 4. The highest BCUT2D eigenvalue weighted by Crippen LogP contribution is 2.19. The van der Waals surface area contributed by atoms with Crippen molar-refractivity contribution < 1.29 is 9.90 Å². The summed E-state index contributed by atoms with van der Waals surface area (Å²) in [7, 11) is 0. The molecule has 1 unspecified atom stereocenters. The van der Waals surface area contributed by atoms with E-state index in [2.05, 4.69) is 4.98 Å². The molecule has 1 fully saturated rings. The lowest BCUT2D eigenvalue weighted by molar-refractivity contribution is -0.117. The zero-order valence-corrected chi connectivity index (χ0v) is 7.92. The van der Waals surface area contributed by atoms with Gasteiger partial charge in [-0.15, -0.1) is 0 Å². The maximum Gasteiger partial charge on any atom is 0.230 e. The Morgan fingerprint density at radius 3 is 2.87 bits per heavy atom. The number of aromatic nitrogens is 1. The van der Waals surface area contributed by atoms with Gasteiger partial charge in [-0.25, -0.2) is 4.98 Å². The number of carbonyl (C=O) groups excluding carboxylic acids is 1. The quantitative estimate of drug-likeness (QED) is 0.699. The molecule has 5 heteroatoms. The topological polar surface area (TPSA) is 77.2 Å². The number of amides is 1. The molecule has 2 heterocycles. The van der Waals surface area contributed by atoms with Crippen LogP contribution in [0.2, 0.25) is 0 Å². The lowest BCUT2D eigenvalue weighted by Crippen LogP contribution is -2.26. The summed E-state index contributed by atoms with van der Waals surface area (Å²) in [5, 5.41) is 17.9. The number of β-amino-alcohol motifs (C(OH)–C–C–N with tert-alkyl or cyclic N) is 1. The average molecular weight is 203 g/mol. The molecule has 1 amide bonds. The second-order valence-electron chi connectivity index (χ2n) is 3.38. The Balaban J connectivity index is 2.23. The van der Waals surface area contributed by atoms with Crippen LogP contribution in [0.4, 0.5) is 5.82 Å². The molecule has 0 bridgehead atoms. The molecule has 2 rings (SSSR count). The third-order valence-corrected chi connectivity index (χ3v) is 2.26. The standard InChI is InChI=1S/C10H9N3O2/c11-4-7-1-2-9(12-5-7)13-6-8(14)3-10(13)15/h1-2,5,8,14H,3,6H2. The highest BCUT2D eigenvalue weighted by molar-refractivity contribution is 5.95. The molecule has 15 heavy (non-hydrogen) atoms.